The molecule has 2 aromatic rings. The minimum atomic E-state index is -4.12. The molecule has 2 aliphatic rings. The molecule has 1 aliphatic heterocycles. The van der Waals surface area contributed by atoms with Gasteiger partial charge in [-0.25, -0.2) is 13.2 Å². The molecule has 1 atom stereocenters. The zero-order valence-electron chi connectivity index (χ0n) is 16.8. The van der Waals surface area contributed by atoms with Crippen molar-refractivity contribution in [1.82, 2.24) is 9.78 Å². The fraction of sp³-hybridized carbons (Fsp3) is 0.500. The lowest BCUT2D eigenvalue weighted by atomic mass is 10.0. The van der Waals surface area contributed by atoms with Crippen molar-refractivity contribution >= 4 is 21.7 Å². The third-order valence-electron chi connectivity index (χ3n) is 5.96. The Morgan fingerprint density at radius 3 is 2.59 bits per heavy atom. The summed E-state index contributed by atoms with van der Waals surface area (Å²) in [7, 11) is -0.927. The van der Waals surface area contributed by atoms with E-state index in [-0.39, 0.29) is 17.2 Å². The summed E-state index contributed by atoms with van der Waals surface area (Å²) in [6, 6.07) is 2.20. The number of carboxylic acid groups (broad SMARTS) is 1. The van der Waals surface area contributed by atoms with Crippen LogP contribution in [0.3, 0.4) is 0 Å². The number of sulfonamides is 1. The lowest BCUT2D eigenvalue weighted by Gasteiger charge is -2.25. The molecule has 0 spiro atoms. The van der Waals surface area contributed by atoms with Gasteiger partial charge in [0, 0.05) is 31.6 Å². The van der Waals surface area contributed by atoms with Crippen molar-refractivity contribution in [2.75, 3.05) is 11.4 Å². The van der Waals surface area contributed by atoms with Crippen LogP contribution in [0.25, 0.3) is 0 Å². The van der Waals surface area contributed by atoms with E-state index in [1.165, 1.54) is 18.0 Å². The second-order valence-electron chi connectivity index (χ2n) is 7.83. The molecule has 8 nitrogen and oxygen atoms in total. The summed E-state index contributed by atoms with van der Waals surface area (Å²) in [6.45, 7) is 1.84. The third-order valence-corrected chi connectivity index (χ3v) is 7.80. The fourth-order valence-corrected chi connectivity index (χ4v) is 6.44. The molecule has 2 heterocycles. The Morgan fingerprint density at radius 2 is 1.97 bits per heavy atom. The van der Waals surface area contributed by atoms with Crippen LogP contribution in [-0.2, 0) is 28.3 Å². The molecular formula is C20H25N3O5S. The predicted octanol–water partition coefficient (Wildman–Crippen LogP) is 2.60. The van der Waals surface area contributed by atoms with E-state index in [4.69, 9.17) is 4.74 Å². The second-order valence-corrected chi connectivity index (χ2v) is 9.62. The van der Waals surface area contributed by atoms with Crippen molar-refractivity contribution in [2.24, 2.45) is 7.05 Å². The molecule has 1 aromatic heterocycles. The number of hydrogen-bond donors (Lipinski definition) is 1. The maximum absolute atomic E-state index is 13.8. The van der Waals surface area contributed by atoms with Crippen LogP contribution in [0.5, 0.6) is 5.75 Å². The zero-order valence-corrected chi connectivity index (χ0v) is 17.6. The summed E-state index contributed by atoms with van der Waals surface area (Å²) < 4.78 is 35.4. The maximum Gasteiger partial charge on any atom is 0.327 e. The topological polar surface area (TPSA) is 102 Å². The van der Waals surface area contributed by atoms with Gasteiger partial charge in [-0.1, -0.05) is 12.8 Å². The largest absolute Gasteiger partial charge is 0.497 e. The number of aryl methyl sites for hydroxylation is 2. The van der Waals surface area contributed by atoms with Gasteiger partial charge >= 0.3 is 5.97 Å². The maximum atomic E-state index is 13.8. The number of carbonyl (C=O) groups is 1. The first-order valence-electron chi connectivity index (χ1n) is 9.72. The van der Waals surface area contributed by atoms with Crippen LogP contribution in [0.2, 0.25) is 0 Å². The van der Waals surface area contributed by atoms with Gasteiger partial charge < -0.3 is 9.84 Å². The van der Waals surface area contributed by atoms with E-state index in [1.54, 1.807) is 19.2 Å². The molecule has 1 saturated carbocycles. The molecule has 9 heteroatoms. The van der Waals surface area contributed by atoms with Crippen molar-refractivity contribution in [3.63, 3.8) is 0 Å². The summed E-state index contributed by atoms with van der Waals surface area (Å²) >= 11 is 0. The highest BCUT2D eigenvalue weighted by Gasteiger charge is 2.45. The Hall–Kier alpha value is -2.55. The molecule has 4 rings (SSSR count). The standard InChI is InChI=1S/C20H25N3O5S/c1-12-8-14(28-3)9-16-15(12)10-17(20(24)25)23(16)29(26,27)18-11-22(2)21-19(18)13-6-4-5-7-13/h8-9,11,13,17H,4-7,10H2,1-3H3,(H,24,25). The number of ether oxygens (including phenoxy) is 1. The summed E-state index contributed by atoms with van der Waals surface area (Å²) in [5, 5.41) is 14.3. The lowest BCUT2D eigenvalue weighted by molar-refractivity contribution is -0.138. The number of rotatable bonds is 5. The molecule has 1 aromatic carbocycles. The van der Waals surface area contributed by atoms with Gasteiger partial charge in [-0.05, 0) is 37.0 Å². The summed E-state index contributed by atoms with van der Waals surface area (Å²) in [6.07, 6.45) is 5.49. The SMILES string of the molecule is COc1cc(C)c2c(c1)N(S(=O)(=O)c1cn(C)nc1C1CCCC1)C(C(=O)O)C2. The zero-order chi connectivity index (χ0) is 20.9. The fourth-order valence-electron chi connectivity index (χ4n) is 4.55. The van der Waals surface area contributed by atoms with E-state index in [1.807, 2.05) is 6.92 Å². The number of aromatic nitrogens is 2. The molecule has 29 heavy (non-hydrogen) atoms. The van der Waals surface area contributed by atoms with Crippen LogP contribution in [0, 0.1) is 6.92 Å². The normalized spacial score (nSPS) is 19.6. The first-order valence-corrected chi connectivity index (χ1v) is 11.2. The Kier molecular flexibility index (Phi) is 4.80. The number of hydrogen-bond acceptors (Lipinski definition) is 5. The van der Waals surface area contributed by atoms with Crippen LogP contribution < -0.4 is 9.04 Å². The average Bonchev–Trinajstić information content (AvgIpc) is 3.38. The summed E-state index contributed by atoms with van der Waals surface area (Å²) in [5.41, 5.74) is 2.44. The van der Waals surface area contributed by atoms with Crippen LogP contribution >= 0.6 is 0 Å². The molecule has 1 N–H and O–H groups in total. The first-order chi connectivity index (χ1) is 13.7. The predicted molar refractivity (Wildman–Crippen MR) is 107 cm³/mol. The van der Waals surface area contributed by atoms with Gasteiger partial charge in [-0.15, -0.1) is 0 Å². The van der Waals surface area contributed by atoms with E-state index in [0.29, 0.717) is 22.7 Å². The summed E-state index contributed by atoms with van der Waals surface area (Å²) in [5.74, 6) is -0.595. The van der Waals surface area contributed by atoms with Gasteiger partial charge in [-0.2, -0.15) is 5.10 Å². The molecule has 1 unspecified atom stereocenters. The molecule has 0 bridgehead atoms. The van der Waals surface area contributed by atoms with E-state index < -0.39 is 22.0 Å². The molecular weight excluding hydrogens is 394 g/mol. The number of anilines is 1. The molecule has 0 saturated heterocycles. The molecule has 1 fully saturated rings. The Morgan fingerprint density at radius 1 is 1.28 bits per heavy atom. The summed E-state index contributed by atoms with van der Waals surface area (Å²) in [4.78, 5) is 12.1. The minimum Gasteiger partial charge on any atom is -0.497 e. The van der Waals surface area contributed by atoms with Crippen molar-refractivity contribution in [3.8, 4) is 5.75 Å². The Balaban J connectivity index is 1.89. The van der Waals surface area contributed by atoms with E-state index >= 15 is 0 Å². The minimum absolute atomic E-state index is 0.0818. The molecule has 0 radical (unpaired) electrons. The number of nitrogens with zero attached hydrogens (tertiary/aromatic N) is 3. The van der Waals surface area contributed by atoms with Crippen molar-refractivity contribution < 1.29 is 23.1 Å². The number of carboxylic acids is 1. The smallest absolute Gasteiger partial charge is 0.327 e. The third kappa shape index (κ3) is 3.17. The monoisotopic (exact) mass is 419 g/mol. The van der Waals surface area contributed by atoms with Gasteiger partial charge in [0.2, 0.25) is 0 Å². The Labute approximate surface area is 170 Å². The highest BCUT2D eigenvalue weighted by Crippen LogP contribution is 2.43. The highest BCUT2D eigenvalue weighted by atomic mass is 32.2. The van der Waals surface area contributed by atoms with Crippen molar-refractivity contribution in [3.05, 3.63) is 35.2 Å². The van der Waals surface area contributed by atoms with Crippen LogP contribution in [0.1, 0.15) is 48.4 Å². The highest BCUT2D eigenvalue weighted by molar-refractivity contribution is 7.93. The van der Waals surface area contributed by atoms with E-state index in [9.17, 15) is 18.3 Å². The Bertz CT molecular complexity index is 1070. The van der Waals surface area contributed by atoms with Crippen molar-refractivity contribution in [1.29, 1.82) is 0 Å². The average molecular weight is 420 g/mol. The van der Waals surface area contributed by atoms with Gasteiger partial charge in [0.15, 0.2) is 0 Å². The molecule has 156 valence electrons. The van der Waals surface area contributed by atoms with Gasteiger partial charge in [-0.3, -0.25) is 8.99 Å². The lowest BCUT2D eigenvalue weighted by Crippen LogP contribution is -2.43. The quantitative estimate of drug-likeness (QED) is 0.799. The second kappa shape index (κ2) is 7.05. The number of aliphatic carboxylic acids is 1. The van der Waals surface area contributed by atoms with Crippen molar-refractivity contribution in [2.45, 2.75) is 55.9 Å². The van der Waals surface area contributed by atoms with Gasteiger partial charge in [0.05, 0.1) is 18.5 Å². The molecule has 1 aliphatic carbocycles. The number of fused-ring (bicyclic) bond motifs is 1. The van der Waals surface area contributed by atoms with Crippen LogP contribution in [-0.4, -0.2) is 42.4 Å². The number of methoxy groups -OCH3 is 1. The van der Waals surface area contributed by atoms with Crippen LogP contribution in [0.4, 0.5) is 5.69 Å². The molecule has 0 amide bonds. The number of benzene rings is 1. The first kappa shape index (κ1) is 19.8. The van der Waals surface area contributed by atoms with E-state index in [0.717, 1.165) is 35.6 Å². The van der Waals surface area contributed by atoms with Gasteiger partial charge in [0.25, 0.3) is 10.0 Å². The van der Waals surface area contributed by atoms with E-state index in [2.05, 4.69) is 5.10 Å². The van der Waals surface area contributed by atoms with Gasteiger partial charge in [0.1, 0.15) is 16.7 Å². The van der Waals surface area contributed by atoms with Crippen LogP contribution in [0.15, 0.2) is 23.2 Å².